The molecular formula is C20H18N6O. The highest BCUT2D eigenvalue weighted by Gasteiger charge is 2.17. The van der Waals surface area contributed by atoms with Gasteiger partial charge in [-0.05, 0) is 24.3 Å². The first-order chi connectivity index (χ1) is 13.1. The Morgan fingerprint density at radius 3 is 2.22 bits per heavy atom. The molecule has 0 saturated heterocycles. The number of rotatable bonds is 4. The van der Waals surface area contributed by atoms with Gasteiger partial charge in [0.15, 0.2) is 11.2 Å². The summed E-state index contributed by atoms with van der Waals surface area (Å²) in [4.78, 5) is 28.5. The summed E-state index contributed by atoms with van der Waals surface area (Å²) in [5, 5.41) is 0. The summed E-state index contributed by atoms with van der Waals surface area (Å²) < 4.78 is 3.26. The third-order valence-corrected chi connectivity index (χ3v) is 4.01. The summed E-state index contributed by atoms with van der Waals surface area (Å²) in [6.45, 7) is 0. The highest BCUT2D eigenvalue weighted by atomic mass is 16.1. The molecule has 7 heteroatoms. The molecule has 0 atom stereocenters. The lowest BCUT2D eigenvalue weighted by Crippen LogP contribution is -2.22. The van der Waals surface area contributed by atoms with E-state index in [0.717, 1.165) is 5.69 Å². The van der Waals surface area contributed by atoms with E-state index in [2.05, 4.69) is 15.0 Å². The molecule has 0 aliphatic rings. The van der Waals surface area contributed by atoms with E-state index in [0.29, 0.717) is 16.9 Å². The Hall–Kier alpha value is -3.74. The van der Waals surface area contributed by atoms with Crippen LogP contribution in [-0.4, -0.2) is 44.4 Å². The van der Waals surface area contributed by atoms with Crippen molar-refractivity contribution >= 4 is 23.5 Å². The molecule has 0 aliphatic carbocycles. The second kappa shape index (κ2) is 6.87. The summed E-state index contributed by atoms with van der Waals surface area (Å²) in [6.07, 6.45) is 3.23. The highest BCUT2D eigenvalue weighted by Crippen LogP contribution is 2.19. The standard InChI is InChI=1S/C20H18N6O/c1-24(2)13-22-20-23-18-17(19(27)26(20)16-11-7-4-8-12-16)25(14-21-18)15-9-5-3-6-10-15/h3-14H,1-2H3/b22-13+. The van der Waals surface area contributed by atoms with Crippen LogP contribution < -0.4 is 5.56 Å². The minimum atomic E-state index is -0.224. The van der Waals surface area contributed by atoms with E-state index in [1.807, 2.05) is 74.8 Å². The lowest BCUT2D eigenvalue weighted by Gasteiger charge is -2.11. The maximum absolute atomic E-state index is 13.4. The molecule has 0 radical (unpaired) electrons. The van der Waals surface area contributed by atoms with Crippen molar-refractivity contribution in [1.29, 1.82) is 0 Å². The number of para-hydroxylation sites is 2. The van der Waals surface area contributed by atoms with Gasteiger partial charge in [-0.25, -0.2) is 14.5 Å². The average molecular weight is 358 g/mol. The lowest BCUT2D eigenvalue weighted by atomic mass is 10.3. The first-order valence-electron chi connectivity index (χ1n) is 8.47. The first kappa shape index (κ1) is 16.7. The Morgan fingerprint density at radius 2 is 1.59 bits per heavy atom. The van der Waals surface area contributed by atoms with Gasteiger partial charge >= 0.3 is 0 Å². The molecule has 4 rings (SSSR count). The van der Waals surface area contributed by atoms with Crippen LogP contribution in [0.2, 0.25) is 0 Å². The van der Waals surface area contributed by atoms with Crippen LogP contribution in [0.3, 0.4) is 0 Å². The number of nitrogens with zero attached hydrogens (tertiary/aromatic N) is 6. The quantitative estimate of drug-likeness (QED) is 0.416. The van der Waals surface area contributed by atoms with Crippen molar-refractivity contribution in [3.05, 3.63) is 77.3 Å². The fraction of sp³-hybridized carbons (Fsp3) is 0.100. The molecule has 2 aromatic heterocycles. The number of imidazole rings is 1. The molecule has 7 nitrogen and oxygen atoms in total. The van der Waals surface area contributed by atoms with E-state index < -0.39 is 0 Å². The molecule has 2 heterocycles. The smallest absolute Gasteiger partial charge is 0.286 e. The van der Waals surface area contributed by atoms with Gasteiger partial charge in [-0.3, -0.25) is 9.36 Å². The van der Waals surface area contributed by atoms with Crippen molar-refractivity contribution < 1.29 is 0 Å². The van der Waals surface area contributed by atoms with Gasteiger partial charge < -0.3 is 4.90 Å². The largest absolute Gasteiger partial charge is 0.369 e. The number of fused-ring (bicyclic) bond motifs is 1. The summed E-state index contributed by atoms with van der Waals surface area (Å²) in [6, 6.07) is 19.0. The van der Waals surface area contributed by atoms with Crippen molar-refractivity contribution in [3.8, 4) is 11.4 Å². The molecule has 0 bridgehead atoms. The number of hydrogen-bond acceptors (Lipinski definition) is 4. The van der Waals surface area contributed by atoms with E-state index in [-0.39, 0.29) is 11.5 Å². The molecule has 0 aliphatic heterocycles. The van der Waals surface area contributed by atoms with Gasteiger partial charge in [0.05, 0.1) is 12.0 Å². The van der Waals surface area contributed by atoms with Crippen LogP contribution >= 0.6 is 0 Å². The second-order valence-electron chi connectivity index (χ2n) is 6.22. The van der Waals surface area contributed by atoms with E-state index in [9.17, 15) is 4.79 Å². The van der Waals surface area contributed by atoms with Gasteiger partial charge in [0.2, 0.25) is 5.95 Å². The maximum Gasteiger partial charge on any atom is 0.286 e. The number of benzene rings is 2. The predicted molar refractivity (Wildman–Crippen MR) is 106 cm³/mol. The van der Waals surface area contributed by atoms with E-state index >= 15 is 0 Å². The second-order valence-corrected chi connectivity index (χ2v) is 6.22. The molecule has 0 unspecified atom stereocenters. The molecule has 27 heavy (non-hydrogen) atoms. The van der Waals surface area contributed by atoms with E-state index in [1.165, 1.54) is 4.57 Å². The zero-order valence-electron chi connectivity index (χ0n) is 15.0. The van der Waals surface area contributed by atoms with Gasteiger partial charge in [0, 0.05) is 19.8 Å². The van der Waals surface area contributed by atoms with E-state index in [4.69, 9.17) is 0 Å². The van der Waals surface area contributed by atoms with Crippen LogP contribution in [0.5, 0.6) is 0 Å². The molecule has 0 amide bonds. The summed E-state index contributed by atoms with van der Waals surface area (Å²) in [7, 11) is 3.72. The predicted octanol–water partition coefficient (Wildman–Crippen LogP) is 2.79. The van der Waals surface area contributed by atoms with Crippen molar-refractivity contribution in [3.63, 3.8) is 0 Å². The van der Waals surface area contributed by atoms with Gasteiger partial charge in [-0.15, -0.1) is 0 Å². The van der Waals surface area contributed by atoms with Crippen LogP contribution in [-0.2, 0) is 0 Å². The normalized spacial score (nSPS) is 11.3. The zero-order chi connectivity index (χ0) is 18.8. The Kier molecular flexibility index (Phi) is 4.25. The zero-order valence-corrected chi connectivity index (χ0v) is 15.0. The molecule has 0 saturated carbocycles. The van der Waals surface area contributed by atoms with Crippen molar-refractivity contribution in [2.75, 3.05) is 14.1 Å². The molecule has 0 fully saturated rings. The van der Waals surface area contributed by atoms with Gasteiger partial charge in [-0.1, -0.05) is 36.4 Å². The molecule has 2 aromatic carbocycles. The summed E-state index contributed by atoms with van der Waals surface area (Å²) in [5.41, 5.74) is 2.10. The van der Waals surface area contributed by atoms with Crippen LogP contribution in [0.4, 0.5) is 5.95 Å². The van der Waals surface area contributed by atoms with Crippen molar-refractivity contribution in [1.82, 2.24) is 24.0 Å². The van der Waals surface area contributed by atoms with Crippen molar-refractivity contribution in [2.45, 2.75) is 0 Å². The van der Waals surface area contributed by atoms with Gasteiger partial charge in [0.1, 0.15) is 6.33 Å². The first-order valence-corrected chi connectivity index (χ1v) is 8.47. The Morgan fingerprint density at radius 1 is 0.963 bits per heavy atom. The highest BCUT2D eigenvalue weighted by molar-refractivity contribution is 5.75. The number of aromatic nitrogens is 4. The Balaban J connectivity index is 2.03. The SMILES string of the molecule is CN(C)/C=N/c1nc2ncn(-c3ccccc3)c2c(=O)n1-c1ccccc1. The fourth-order valence-electron chi connectivity index (χ4n) is 2.81. The lowest BCUT2D eigenvalue weighted by molar-refractivity contribution is 0.642. The van der Waals surface area contributed by atoms with E-state index in [1.54, 1.807) is 22.1 Å². The third-order valence-electron chi connectivity index (χ3n) is 4.01. The topological polar surface area (TPSA) is 68.3 Å². The molecule has 0 spiro atoms. The minimum absolute atomic E-state index is 0.224. The van der Waals surface area contributed by atoms with Crippen LogP contribution in [0.25, 0.3) is 22.5 Å². The molecular weight excluding hydrogens is 340 g/mol. The van der Waals surface area contributed by atoms with Crippen LogP contribution in [0, 0.1) is 0 Å². The van der Waals surface area contributed by atoms with Crippen LogP contribution in [0.15, 0.2) is 76.8 Å². The molecule has 0 N–H and O–H groups in total. The average Bonchev–Trinajstić information content (AvgIpc) is 3.12. The third kappa shape index (κ3) is 3.10. The Bertz CT molecular complexity index is 1160. The summed E-state index contributed by atoms with van der Waals surface area (Å²) in [5.74, 6) is 0.283. The maximum atomic E-state index is 13.4. The van der Waals surface area contributed by atoms with Gasteiger partial charge in [-0.2, -0.15) is 4.98 Å². The van der Waals surface area contributed by atoms with Crippen molar-refractivity contribution in [2.24, 2.45) is 4.99 Å². The summed E-state index contributed by atoms with van der Waals surface area (Å²) >= 11 is 0. The Labute approximate surface area is 155 Å². The number of aliphatic imine (C=N–C) groups is 1. The van der Waals surface area contributed by atoms with Gasteiger partial charge in [0.25, 0.3) is 5.56 Å². The molecule has 134 valence electrons. The van der Waals surface area contributed by atoms with Crippen LogP contribution in [0.1, 0.15) is 0 Å². The minimum Gasteiger partial charge on any atom is -0.369 e. The monoisotopic (exact) mass is 358 g/mol. The molecule has 4 aromatic rings. The fourth-order valence-corrected chi connectivity index (χ4v) is 2.81. The number of hydrogen-bond donors (Lipinski definition) is 0.